The lowest BCUT2D eigenvalue weighted by Crippen LogP contribution is -2.26. The first-order valence-corrected chi connectivity index (χ1v) is 7.43. The number of thiophene rings is 1. The Bertz CT molecular complexity index is 426. The van der Waals surface area contributed by atoms with E-state index in [1.165, 1.54) is 11.3 Å². The number of nitrogens with two attached hydrogens (primary N) is 1. The van der Waals surface area contributed by atoms with Gasteiger partial charge in [-0.15, -0.1) is 11.3 Å². The minimum absolute atomic E-state index is 0.0973. The molecule has 0 amide bonds. The predicted octanol–water partition coefficient (Wildman–Crippen LogP) is 3.83. The van der Waals surface area contributed by atoms with E-state index in [1.807, 2.05) is 12.1 Å². The van der Waals surface area contributed by atoms with Gasteiger partial charge in [0.1, 0.15) is 0 Å². The van der Waals surface area contributed by atoms with Crippen molar-refractivity contribution in [3.05, 3.63) is 21.3 Å². The number of carboxylic acids is 1. The number of carbonyl (C=O) groups is 1. The maximum Gasteiger partial charge on any atom is 0.303 e. The van der Waals surface area contributed by atoms with Crippen molar-refractivity contribution < 1.29 is 9.90 Å². The molecule has 1 aliphatic carbocycles. The van der Waals surface area contributed by atoms with Crippen molar-refractivity contribution in [1.82, 2.24) is 0 Å². The molecule has 1 aromatic heterocycles. The van der Waals surface area contributed by atoms with Gasteiger partial charge in [0.2, 0.25) is 0 Å². The Kier molecular flexibility index (Phi) is 4.30. The van der Waals surface area contributed by atoms with E-state index in [9.17, 15) is 4.79 Å². The molecule has 0 spiro atoms. The Morgan fingerprint density at radius 1 is 1.50 bits per heavy atom. The Morgan fingerprint density at radius 2 is 2.17 bits per heavy atom. The summed E-state index contributed by atoms with van der Waals surface area (Å²) in [5.41, 5.74) is 6.10. The molecule has 0 radical (unpaired) electrons. The lowest BCUT2D eigenvalue weighted by Gasteiger charge is -2.29. The first-order valence-electron chi connectivity index (χ1n) is 6.23. The number of hydrogen-bond donors (Lipinski definition) is 2. The van der Waals surface area contributed by atoms with Crippen LogP contribution in [0.25, 0.3) is 0 Å². The van der Waals surface area contributed by atoms with E-state index in [0.29, 0.717) is 0 Å². The second-order valence-corrected chi connectivity index (χ2v) is 6.98. The normalized spacial score (nSPS) is 19.9. The van der Waals surface area contributed by atoms with Crippen LogP contribution in [-0.2, 0) is 4.79 Å². The van der Waals surface area contributed by atoms with Crippen LogP contribution in [0.2, 0.25) is 4.34 Å². The maximum atomic E-state index is 11.0. The van der Waals surface area contributed by atoms with Gasteiger partial charge < -0.3 is 10.8 Å². The summed E-state index contributed by atoms with van der Waals surface area (Å²) < 4.78 is 0.735. The van der Waals surface area contributed by atoms with Gasteiger partial charge in [-0.25, -0.2) is 0 Å². The lowest BCUT2D eigenvalue weighted by molar-refractivity contribution is -0.139. The van der Waals surface area contributed by atoms with Gasteiger partial charge in [0.15, 0.2) is 0 Å². The smallest absolute Gasteiger partial charge is 0.303 e. The Balaban J connectivity index is 2.07. The van der Waals surface area contributed by atoms with E-state index in [4.69, 9.17) is 22.4 Å². The van der Waals surface area contributed by atoms with Crippen molar-refractivity contribution in [2.45, 2.75) is 44.6 Å². The SMILES string of the molecule is NC(CC1(CC(=O)O)CCCC1)c1ccc(Cl)s1. The highest BCUT2D eigenvalue weighted by atomic mass is 35.5. The van der Waals surface area contributed by atoms with E-state index in [1.54, 1.807) is 0 Å². The molecule has 1 fully saturated rings. The van der Waals surface area contributed by atoms with E-state index in [-0.39, 0.29) is 17.9 Å². The summed E-state index contributed by atoms with van der Waals surface area (Å²) in [6.45, 7) is 0. The van der Waals surface area contributed by atoms with Crippen molar-refractivity contribution >= 4 is 28.9 Å². The first kappa shape index (κ1) is 13.8. The minimum Gasteiger partial charge on any atom is -0.481 e. The Morgan fingerprint density at radius 3 is 2.67 bits per heavy atom. The van der Waals surface area contributed by atoms with Crippen LogP contribution in [0.3, 0.4) is 0 Å². The number of carboxylic acid groups (broad SMARTS) is 1. The van der Waals surface area contributed by atoms with Crippen molar-refractivity contribution in [1.29, 1.82) is 0 Å². The van der Waals surface area contributed by atoms with Crippen LogP contribution >= 0.6 is 22.9 Å². The summed E-state index contributed by atoms with van der Waals surface area (Å²) in [6.07, 6.45) is 5.17. The van der Waals surface area contributed by atoms with Gasteiger partial charge in [-0.3, -0.25) is 4.79 Å². The zero-order valence-electron chi connectivity index (χ0n) is 10.2. The average Bonchev–Trinajstić information content (AvgIpc) is 2.87. The molecular weight excluding hydrogens is 270 g/mol. The fraction of sp³-hybridized carbons (Fsp3) is 0.615. The second-order valence-electron chi connectivity index (χ2n) is 5.23. The third kappa shape index (κ3) is 3.25. The molecule has 100 valence electrons. The number of rotatable bonds is 5. The molecule has 1 saturated carbocycles. The van der Waals surface area contributed by atoms with Crippen LogP contribution in [0.5, 0.6) is 0 Å². The highest BCUT2D eigenvalue weighted by Gasteiger charge is 2.37. The standard InChI is InChI=1S/C13H18ClNO2S/c14-11-4-3-10(18-11)9(15)7-13(8-12(16)17)5-1-2-6-13/h3-4,9H,1-2,5-8,15H2,(H,16,17). The Labute approximate surface area is 116 Å². The average molecular weight is 288 g/mol. The molecule has 3 nitrogen and oxygen atoms in total. The number of aliphatic carboxylic acids is 1. The quantitative estimate of drug-likeness (QED) is 0.865. The third-order valence-electron chi connectivity index (χ3n) is 3.80. The van der Waals surface area contributed by atoms with Gasteiger partial charge in [-0.05, 0) is 36.8 Å². The molecule has 1 atom stereocenters. The predicted molar refractivity (Wildman–Crippen MR) is 74.0 cm³/mol. The zero-order valence-corrected chi connectivity index (χ0v) is 11.8. The molecule has 5 heteroatoms. The molecule has 1 aromatic rings. The van der Waals surface area contributed by atoms with E-state index < -0.39 is 5.97 Å². The first-order chi connectivity index (χ1) is 8.51. The van der Waals surface area contributed by atoms with Gasteiger partial charge in [0, 0.05) is 10.9 Å². The van der Waals surface area contributed by atoms with E-state index >= 15 is 0 Å². The van der Waals surface area contributed by atoms with Gasteiger partial charge in [0.05, 0.1) is 10.8 Å². The summed E-state index contributed by atoms with van der Waals surface area (Å²) in [7, 11) is 0. The summed E-state index contributed by atoms with van der Waals surface area (Å²) >= 11 is 7.40. The molecule has 1 heterocycles. The van der Waals surface area contributed by atoms with Crippen LogP contribution in [-0.4, -0.2) is 11.1 Å². The molecule has 0 bridgehead atoms. The van der Waals surface area contributed by atoms with E-state index in [2.05, 4.69) is 0 Å². The minimum atomic E-state index is -0.715. The Hall–Kier alpha value is -0.580. The summed E-state index contributed by atoms with van der Waals surface area (Å²) in [5, 5.41) is 9.07. The molecule has 1 unspecified atom stereocenters. The summed E-state index contributed by atoms with van der Waals surface area (Å²) in [4.78, 5) is 12.1. The largest absolute Gasteiger partial charge is 0.481 e. The highest BCUT2D eigenvalue weighted by molar-refractivity contribution is 7.16. The molecular formula is C13H18ClNO2S. The molecule has 3 N–H and O–H groups in total. The summed E-state index contributed by atoms with van der Waals surface area (Å²) in [5.74, 6) is -0.715. The maximum absolute atomic E-state index is 11.0. The molecule has 0 saturated heterocycles. The third-order valence-corrected chi connectivity index (χ3v) is 5.17. The highest BCUT2D eigenvalue weighted by Crippen LogP contribution is 2.47. The van der Waals surface area contributed by atoms with Crippen molar-refractivity contribution in [3.8, 4) is 0 Å². The fourth-order valence-electron chi connectivity index (χ4n) is 2.99. The molecule has 18 heavy (non-hydrogen) atoms. The van der Waals surface area contributed by atoms with Crippen LogP contribution in [0.4, 0.5) is 0 Å². The van der Waals surface area contributed by atoms with Crippen LogP contribution in [0.15, 0.2) is 12.1 Å². The fourth-order valence-corrected chi connectivity index (χ4v) is 4.06. The van der Waals surface area contributed by atoms with Crippen molar-refractivity contribution in [2.75, 3.05) is 0 Å². The second kappa shape index (κ2) is 5.59. The van der Waals surface area contributed by atoms with Crippen LogP contribution < -0.4 is 5.73 Å². The summed E-state index contributed by atoms with van der Waals surface area (Å²) in [6, 6.07) is 3.70. The van der Waals surface area contributed by atoms with Crippen molar-refractivity contribution in [3.63, 3.8) is 0 Å². The van der Waals surface area contributed by atoms with Crippen LogP contribution in [0.1, 0.15) is 49.4 Å². The van der Waals surface area contributed by atoms with Crippen molar-refractivity contribution in [2.24, 2.45) is 11.1 Å². The topological polar surface area (TPSA) is 63.3 Å². The molecule has 2 rings (SSSR count). The van der Waals surface area contributed by atoms with Gasteiger partial charge in [0.25, 0.3) is 0 Å². The lowest BCUT2D eigenvalue weighted by atomic mass is 9.77. The molecule has 0 aliphatic heterocycles. The van der Waals surface area contributed by atoms with E-state index in [0.717, 1.165) is 41.3 Å². The zero-order chi connectivity index (χ0) is 13.2. The van der Waals surface area contributed by atoms with Gasteiger partial charge in [-0.1, -0.05) is 24.4 Å². The van der Waals surface area contributed by atoms with Gasteiger partial charge in [-0.2, -0.15) is 0 Å². The number of hydrogen-bond acceptors (Lipinski definition) is 3. The van der Waals surface area contributed by atoms with Crippen LogP contribution in [0, 0.1) is 5.41 Å². The monoisotopic (exact) mass is 287 g/mol. The molecule has 0 aromatic carbocycles. The molecule has 1 aliphatic rings. The number of halogens is 1. The van der Waals surface area contributed by atoms with Gasteiger partial charge >= 0.3 is 5.97 Å².